The minimum absolute atomic E-state index is 0.0390. The van der Waals surface area contributed by atoms with Gasteiger partial charge in [-0.05, 0) is 36.6 Å². The van der Waals surface area contributed by atoms with Crippen molar-refractivity contribution in [2.45, 2.75) is 45.3 Å². The number of rotatable bonds is 8. The van der Waals surface area contributed by atoms with Crippen LogP contribution in [0, 0.1) is 17.2 Å². The van der Waals surface area contributed by atoms with Crippen LogP contribution in [-0.2, 0) is 20.9 Å². The summed E-state index contributed by atoms with van der Waals surface area (Å²) in [6.45, 7) is 2.72. The normalized spacial score (nSPS) is 18.4. The van der Waals surface area contributed by atoms with Crippen LogP contribution in [0.5, 0.6) is 5.75 Å². The van der Waals surface area contributed by atoms with Crippen LogP contribution in [-0.4, -0.2) is 30.4 Å². The highest BCUT2D eigenvalue weighted by molar-refractivity contribution is 5.82. The summed E-state index contributed by atoms with van der Waals surface area (Å²) in [6, 6.07) is 16.3. The van der Waals surface area contributed by atoms with Crippen molar-refractivity contribution in [2.75, 3.05) is 13.7 Å². The first kappa shape index (κ1) is 22.4. The van der Waals surface area contributed by atoms with E-state index in [0.29, 0.717) is 30.5 Å². The van der Waals surface area contributed by atoms with E-state index in [-0.39, 0.29) is 24.5 Å². The zero-order chi connectivity index (χ0) is 22.2. The Morgan fingerprint density at radius 3 is 2.61 bits per heavy atom. The summed E-state index contributed by atoms with van der Waals surface area (Å²) in [5.41, 5.74) is 2.06. The first-order valence-electron chi connectivity index (χ1n) is 10.7. The highest BCUT2D eigenvalue weighted by Gasteiger charge is 2.41. The number of esters is 1. The van der Waals surface area contributed by atoms with Crippen molar-refractivity contribution in [3.63, 3.8) is 0 Å². The van der Waals surface area contributed by atoms with E-state index in [1.165, 1.54) is 0 Å². The van der Waals surface area contributed by atoms with Crippen LogP contribution in [0.25, 0.3) is 0 Å². The number of amides is 1. The maximum Gasteiger partial charge on any atom is 0.311 e. The van der Waals surface area contributed by atoms with Crippen LogP contribution in [0.3, 0.4) is 0 Å². The summed E-state index contributed by atoms with van der Waals surface area (Å²) >= 11 is 0. The van der Waals surface area contributed by atoms with Crippen molar-refractivity contribution in [3.05, 3.63) is 65.2 Å². The fraction of sp³-hybridized carbons (Fsp3) is 0.400. The van der Waals surface area contributed by atoms with E-state index >= 15 is 0 Å². The van der Waals surface area contributed by atoms with E-state index in [1.807, 2.05) is 35.2 Å². The summed E-state index contributed by atoms with van der Waals surface area (Å²) in [6.07, 6.45) is 2.59. The topological polar surface area (TPSA) is 79.6 Å². The summed E-state index contributed by atoms with van der Waals surface area (Å²) in [5.74, 6) is -0.0221. The molecule has 1 heterocycles. The molecular formula is C25H28N2O4. The fourth-order valence-electron chi connectivity index (χ4n) is 4.02. The molecule has 0 radical (unpaired) electrons. The summed E-state index contributed by atoms with van der Waals surface area (Å²) in [7, 11) is 1.60. The Hall–Kier alpha value is -3.33. The number of ether oxygens (including phenoxy) is 2. The number of likely N-dealkylation sites (tertiary alicyclic amines) is 1. The van der Waals surface area contributed by atoms with Crippen LogP contribution in [0.15, 0.2) is 48.5 Å². The predicted molar refractivity (Wildman–Crippen MR) is 116 cm³/mol. The van der Waals surface area contributed by atoms with E-state index < -0.39 is 5.92 Å². The zero-order valence-corrected chi connectivity index (χ0v) is 18.0. The largest absolute Gasteiger partial charge is 0.497 e. The van der Waals surface area contributed by atoms with Gasteiger partial charge in [-0.3, -0.25) is 9.59 Å². The molecule has 0 aromatic heterocycles. The molecule has 0 unspecified atom stereocenters. The van der Waals surface area contributed by atoms with Gasteiger partial charge >= 0.3 is 5.97 Å². The number of nitriles is 1. The molecule has 31 heavy (non-hydrogen) atoms. The van der Waals surface area contributed by atoms with E-state index in [1.54, 1.807) is 25.3 Å². The molecule has 6 heteroatoms. The summed E-state index contributed by atoms with van der Waals surface area (Å²) in [5, 5.41) is 9.27. The molecule has 1 aliphatic rings. The van der Waals surface area contributed by atoms with Crippen molar-refractivity contribution in [2.24, 2.45) is 5.92 Å². The molecule has 1 saturated heterocycles. The number of piperidine rings is 1. The molecule has 1 amide bonds. The quantitative estimate of drug-likeness (QED) is 0.592. The molecule has 0 N–H and O–H groups in total. The fourth-order valence-corrected chi connectivity index (χ4v) is 4.02. The Morgan fingerprint density at radius 2 is 1.94 bits per heavy atom. The zero-order valence-electron chi connectivity index (χ0n) is 18.0. The molecule has 162 valence electrons. The molecule has 2 aromatic rings. The Bertz CT molecular complexity index is 949. The van der Waals surface area contributed by atoms with Gasteiger partial charge in [0.05, 0.1) is 30.7 Å². The van der Waals surface area contributed by atoms with Crippen LogP contribution in [0.4, 0.5) is 0 Å². The maximum absolute atomic E-state index is 13.1. The first-order chi connectivity index (χ1) is 15.1. The number of methoxy groups -OCH3 is 1. The van der Waals surface area contributed by atoms with Gasteiger partial charge in [-0.1, -0.05) is 43.7 Å². The third-order valence-corrected chi connectivity index (χ3v) is 5.73. The second kappa shape index (κ2) is 10.6. The van der Waals surface area contributed by atoms with Crippen LogP contribution < -0.4 is 4.74 Å². The maximum atomic E-state index is 13.1. The lowest BCUT2D eigenvalue weighted by molar-refractivity contribution is -0.158. The molecule has 2 aromatic carbocycles. The molecule has 1 aliphatic heterocycles. The second-order valence-electron chi connectivity index (χ2n) is 7.68. The number of hydrogen-bond donors (Lipinski definition) is 0. The summed E-state index contributed by atoms with van der Waals surface area (Å²) in [4.78, 5) is 27.7. The number of benzene rings is 2. The predicted octanol–water partition coefficient (Wildman–Crippen LogP) is 4.39. The number of carbonyl (C=O) groups is 2. The molecule has 0 saturated carbocycles. The van der Waals surface area contributed by atoms with Gasteiger partial charge in [0.15, 0.2) is 0 Å². The van der Waals surface area contributed by atoms with Crippen molar-refractivity contribution in [1.82, 2.24) is 4.90 Å². The lowest BCUT2D eigenvalue weighted by Crippen LogP contribution is -2.46. The second-order valence-corrected chi connectivity index (χ2v) is 7.68. The smallest absolute Gasteiger partial charge is 0.311 e. The number of nitrogens with zero attached hydrogens (tertiary/aromatic N) is 2. The van der Waals surface area contributed by atoms with Crippen molar-refractivity contribution in [1.29, 1.82) is 5.26 Å². The molecule has 6 nitrogen and oxygen atoms in total. The molecular weight excluding hydrogens is 392 g/mol. The Labute approximate surface area is 183 Å². The van der Waals surface area contributed by atoms with Gasteiger partial charge in [-0.15, -0.1) is 0 Å². The monoisotopic (exact) mass is 420 g/mol. The molecule has 2 atom stereocenters. The van der Waals surface area contributed by atoms with Crippen LogP contribution >= 0.6 is 0 Å². The van der Waals surface area contributed by atoms with E-state index in [0.717, 1.165) is 24.2 Å². The van der Waals surface area contributed by atoms with Crippen molar-refractivity contribution < 1.29 is 19.1 Å². The Morgan fingerprint density at radius 1 is 1.19 bits per heavy atom. The minimum atomic E-state index is -0.461. The molecule has 0 bridgehead atoms. The molecule has 0 aliphatic carbocycles. The van der Waals surface area contributed by atoms with Crippen LogP contribution in [0.2, 0.25) is 0 Å². The van der Waals surface area contributed by atoms with Crippen molar-refractivity contribution in [3.8, 4) is 11.8 Å². The first-order valence-corrected chi connectivity index (χ1v) is 10.7. The summed E-state index contributed by atoms with van der Waals surface area (Å²) < 4.78 is 10.9. The SMILES string of the molecule is CCCCN1C(=O)CC[C@H](C(=O)OCc2ccccc2C#N)[C@H]1c1ccc(OC)cc1. The van der Waals surface area contributed by atoms with Gasteiger partial charge < -0.3 is 14.4 Å². The molecule has 3 rings (SSSR count). The minimum Gasteiger partial charge on any atom is -0.497 e. The molecule has 1 fully saturated rings. The number of carbonyl (C=O) groups excluding carboxylic acids is 2. The van der Waals surface area contributed by atoms with Gasteiger partial charge in [0, 0.05) is 18.5 Å². The lowest BCUT2D eigenvalue weighted by atomic mass is 9.84. The average Bonchev–Trinajstić information content (AvgIpc) is 2.81. The Balaban J connectivity index is 1.85. The third kappa shape index (κ3) is 5.24. The van der Waals surface area contributed by atoms with Gasteiger partial charge in [-0.2, -0.15) is 5.26 Å². The van der Waals surface area contributed by atoms with Crippen molar-refractivity contribution >= 4 is 11.9 Å². The lowest BCUT2D eigenvalue weighted by Gasteiger charge is -2.40. The van der Waals surface area contributed by atoms with Gasteiger partial charge in [-0.25, -0.2) is 0 Å². The Kier molecular flexibility index (Phi) is 7.66. The van der Waals surface area contributed by atoms with E-state index in [2.05, 4.69) is 13.0 Å². The van der Waals surface area contributed by atoms with Gasteiger partial charge in [0.1, 0.15) is 12.4 Å². The highest BCUT2D eigenvalue weighted by Crippen LogP contribution is 2.38. The van der Waals surface area contributed by atoms with E-state index in [9.17, 15) is 14.9 Å². The standard InChI is InChI=1S/C25H28N2O4/c1-3-4-15-27-23(28)14-13-22(24(27)18-9-11-21(30-2)12-10-18)25(29)31-17-20-8-6-5-7-19(20)16-26/h5-12,22,24H,3-4,13-15,17H2,1-2H3/t22-,24+/m0/s1. The van der Waals surface area contributed by atoms with E-state index in [4.69, 9.17) is 9.47 Å². The molecule has 0 spiro atoms. The van der Waals surface area contributed by atoms with Gasteiger partial charge in [0.25, 0.3) is 0 Å². The average molecular weight is 421 g/mol. The van der Waals surface area contributed by atoms with Crippen LogP contribution in [0.1, 0.15) is 55.3 Å². The van der Waals surface area contributed by atoms with Gasteiger partial charge in [0.2, 0.25) is 5.91 Å². The number of unbranched alkanes of at least 4 members (excludes halogenated alkanes) is 1. The highest BCUT2D eigenvalue weighted by atomic mass is 16.5. The number of hydrogen-bond acceptors (Lipinski definition) is 5. The third-order valence-electron chi connectivity index (χ3n) is 5.73.